The van der Waals surface area contributed by atoms with Gasteiger partial charge >= 0.3 is 5.97 Å². The average Bonchev–Trinajstić information content (AvgIpc) is 2.50. The number of nitrogens with zero attached hydrogens (tertiary/aromatic N) is 1. The summed E-state index contributed by atoms with van der Waals surface area (Å²) >= 11 is 0. The van der Waals surface area contributed by atoms with Gasteiger partial charge in [0.25, 0.3) is 0 Å². The number of carbonyl (C=O) groups is 3. The van der Waals surface area contributed by atoms with E-state index in [2.05, 4.69) is 10.1 Å². The molecule has 0 saturated carbocycles. The normalized spacial score (nSPS) is 9.95. The molecule has 0 atom stereocenters. The Balaban J connectivity index is 2.67. The Bertz CT molecular complexity index is 544. The lowest BCUT2D eigenvalue weighted by atomic mass is 10.2. The Hall–Kier alpha value is -2.41. The van der Waals surface area contributed by atoms with Crippen molar-refractivity contribution in [2.24, 2.45) is 0 Å². The molecule has 120 valence electrons. The van der Waals surface area contributed by atoms with E-state index in [4.69, 9.17) is 4.74 Å². The van der Waals surface area contributed by atoms with Crippen LogP contribution in [-0.2, 0) is 19.1 Å². The first-order chi connectivity index (χ1) is 10.5. The largest absolute Gasteiger partial charge is 0.465 e. The maximum absolute atomic E-state index is 12.0. The second kappa shape index (κ2) is 8.78. The smallest absolute Gasteiger partial charge is 0.337 e. The lowest BCUT2D eigenvalue weighted by molar-refractivity contribution is -0.133. The van der Waals surface area contributed by atoms with Crippen LogP contribution in [0.2, 0.25) is 0 Å². The number of carbonyl (C=O) groups excluding carboxylic acids is 3. The van der Waals surface area contributed by atoms with Crippen LogP contribution in [0.3, 0.4) is 0 Å². The molecule has 2 amide bonds. The van der Waals surface area contributed by atoms with E-state index in [0.29, 0.717) is 24.4 Å². The fourth-order valence-corrected chi connectivity index (χ4v) is 1.76. The SMILES string of the molecule is COCCN(CC(=O)Nc1cccc(C(=O)OC)c1)C(C)=O. The van der Waals surface area contributed by atoms with Crippen molar-refractivity contribution < 1.29 is 23.9 Å². The van der Waals surface area contributed by atoms with E-state index < -0.39 is 5.97 Å². The molecule has 0 heterocycles. The zero-order chi connectivity index (χ0) is 16.5. The molecule has 22 heavy (non-hydrogen) atoms. The molecule has 0 radical (unpaired) electrons. The number of hydrogen-bond acceptors (Lipinski definition) is 5. The fourth-order valence-electron chi connectivity index (χ4n) is 1.76. The lowest BCUT2D eigenvalue weighted by Crippen LogP contribution is -2.38. The van der Waals surface area contributed by atoms with E-state index in [9.17, 15) is 14.4 Å². The monoisotopic (exact) mass is 308 g/mol. The molecule has 0 unspecified atom stereocenters. The van der Waals surface area contributed by atoms with Gasteiger partial charge in [-0.15, -0.1) is 0 Å². The summed E-state index contributed by atoms with van der Waals surface area (Å²) in [6.07, 6.45) is 0. The number of methoxy groups -OCH3 is 2. The molecule has 1 aromatic carbocycles. The molecule has 0 aliphatic rings. The average molecular weight is 308 g/mol. The number of benzene rings is 1. The molecule has 0 aliphatic carbocycles. The van der Waals surface area contributed by atoms with E-state index in [1.807, 2.05) is 0 Å². The number of ether oxygens (including phenoxy) is 2. The van der Waals surface area contributed by atoms with Crippen molar-refractivity contribution in [3.63, 3.8) is 0 Å². The Kier molecular flexibility index (Phi) is 7.04. The minimum atomic E-state index is -0.485. The van der Waals surface area contributed by atoms with Gasteiger partial charge in [-0.25, -0.2) is 4.79 Å². The van der Waals surface area contributed by atoms with Crippen LogP contribution < -0.4 is 5.32 Å². The third kappa shape index (κ3) is 5.53. The summed E-state index contributed by atoms with van der Waals surface area (Å²) in [7, 11) is 2.81. The van der Waals surface area contributed by atoms with Crippen molar-refractivity contribution >= 4 is 23.5 Å². The highest BCUT2D eigenvalue weighted by Crippen LogP contribution is 2.11. The summed E-state index contributed by atoms with van der Waals surface area (Å²) in [5, 5.41) is 2.64. The van der Waals surface area contributed by atoms with Crippen LogP contribution in [0.15, 0.2) is 24.3 Å². The van der Waals surface area contributed by atoms with Gasteiger partial charge < -0.3 is 19.7 Å². The summed E-state index contributed by atoms with van der Waals surface area (Å²) in [4.78, 5) is 36.2. The highest BCUT2D eigenvalue weighted by molar-refractivity contribution is 5.96. The van der Waals surface area contributed by atoms with Crippen molar-refractivity contribution in [2.45, 2.75) is 6.92 Å². The molecule has 0 aliphatic heterocycles. The maximum Gasteiger partial charge on any atom is 0.337 e. The molecule has 0 spiro atoms. The zero-order valence-corrected chi connectivity index (χ0v) is 12.9. The molecule has 1 aromatic rings. The molecule has 0 fully saturated rings. The van der Waals surface area contributed by atoms with Gasteiger partial charge in [0.2, 0.25) is 11.8 Å². The highest BCUT2D eigenvalue weighted by Gasteiger charge is 2.14. The number of rotatable bonds is 7. The van der Waals surface area contributed by atoms with Gasteiger partial charge in [0, 0.05) is 26.3 Å². The van der Waals surface area contributed by atoms with Gasteiger partial charge in [-0.3, -0.25) is 9.59 Å². The molecular weight excluding hydrogens is 288 g/mol. The predicted octanol–water partition coefficient (Wildman–Crippen LogP) is 0.907. The number of nitrogens with one attached hydrogen (secondary N) is 1. The van der Waals surface area contributed by atoms with E-state index in [-0.39, 0.29) is 18.4 Å². The summed E-state index contributed by atoms with van der Waals surface area (Å²) in [6.45, 7) is 1.99. The third-order valence-corrected chi connectivity index (χ3v) is 2.91. The Morgan fingerprint density at radius 1 is 1.23 bits per heavy atom. The lowest BCUT2D eigenvalue weighted by Gasteiger charge is -2.20. The van der Waals surface area contributed by atoms with Crippen LogP contribution in [0, 0.1) is 0 Å². The van der Waals surface area contributed by atoms with Gasteiger partial charge in [-0.05, 0) is 18.2 Å². The van der Waals surface area contributed by atoms with E-state index in [0.717, 1.165) is 0 Å². The van der Waals surface area contributed by atoms with Crippen molar-refractivity contribution in [1.29, 1.82) is 0 Å². The second-order valence-electron chi connectivity index (χ2n) is 4.55. The van der Waals surface area contributed by atoms with Crippen molar-refractivity contribution in [3.8, 4) is 0 Å². The molecule has 7 heteroatoms. The Morgan fingerprint density at radius 3 is 2.55 bits per heavy atom. The first-order valence-corrected chi connectivity index (χ1v) is 6.70. The summed E-state index contributed by atoms with van der Waals surface area (Å²) in [5.41, 5.74) is 0.797. The van der Waals surface area contributed by atoms with E-state index in [1.54, 1.807) is 18.2 Å². The van der Waals surface area contributed by atoms with Gasteiger partial charge in [-0.1, -0.05) is 6.07 Å². The molecule has 1 rings (SSSR count). The predicted molar refractivity (Wildman–Crippen MR) is 80.5 cm³/mol. The van der Waals surface area contributed by atoms with Crippen LogP contribution >= 0.6 is 0 Å². The fraction of sp³-hybridized carbons (Fsp3) is 0.400. The summed E-state index contributed by atoms with van der Waals surface area (Å²) in [5.74, 6) is -1.05. The standard InChI is InChI=1S/C15H20N2O5/c1-11(18)17(7-8-21-2)10-14(19)16-13-6-4-5-12(9-13)15(20)22-3/h4-6,9H,7-8,10H2,1-3H3,(H,16,19). The van der Waals surface area contributed by atoms with Crippen LogP contribution in [0.4, 0.5) is 5.69 Å². The van der Waals surface area contributed by atoms with Crippen molar-refractivity contribution in [1.82, 2.24) is 4.90 Å². The quantitative estimate of drug-likeness (QED) is 0.757. The Labute approximate surface area is 129 Å². The minimum absolute atomic E-state index is 0.0822. The number of hydrogen-bond donors (Lipinski definition) is 1. The van der Waals surface area contributed by atoms with Gasteiger partial charge in [0.1, 0.15) is 0 Å². The van der Waals surface area contributed by atoms with E-state index in [1.165, 1.54) is 32.1 Å². The van der Waals surface area contributed by atoms with Crippen LogP contribution in [0.25, 0.3) is 0 Å². The molecule has 0 aromatic heterocycles. The second-order valence-corrected chi connectivity index (χ2v) is 4.55. The maximum atomic E-state index is 12.0. The summed E-state index contributed by atoms with van der Waals surface area (Å²) in [6, 6.07) is 6.38. The first-order valence-electron chi connectivity index (χ1n) is 6.70. The van der Waals surface area contributed by atoms with Crippen molar-refractivity contribution in [2.75, 3.05) is 39.2 Å². The summed E-state index contributed by atoms with van der Waals surface area (Å²) < 4.78 is 9.52. The van der Waals surface area contributed by atoms with E-state index >= 15 is 0 Å². The first kappa shape index (κ1) is 17.6. The molecular formula is C15H20N2O5. The highest BCUT2D eigenvalue weighted by atomic mass is 16.5. The topological polar surface area (TPSA) is 84.9 Å². The zero-order valence-electron chi connectivity index (χ0n) is 12.9. The molecule has 1 N–H and O–H groups in total. The Morgan fingerprint density at radius 2 is 1.95 bits per heavy atom. The third-order valence-electron chi connectivity index (χ3n) is 2.91. The van der Waals surface area contributed by atoms with Crippen LogP contribution in [-0.4, -0.2) is 56.6 Å². The molecule has 0 saturated heterocycles. The van der Waals surface area contributed by atoms with Gasteiger partial charge in [0.05, 0.1) is 25.8 Å². The van der Waals surface area contributed by atoms with Crippen molar-refractivity contribution in [3.05, 3.63) is 29.8 Å². The molecule has 7 nitrogen and oxygen atoms in total. The molecule has 0 bridgehead atoms. The number of anilines is 1. The number of amides is 2. The van der Waals surface area contributed by atoms with Gasteiger partial charge in [0.15, 0.2) is 0 Å². The van der Waals surface area contributed by atoms with Gasteiger partial charge in [-0.2, -0.15) is 0 Å². The minimum Gasteiger partial charge on any atom is -0.465 e. The van der Waals surface area contributed by atoms with Crippen LogP contribution in [0.5, 0.6) is 0 Å². The van der Waals surface area contributed by atoms with Crippen LogP contribution in [0.1, 0.15) is 17.3 Å². The number of esters is 1.